The molecule has 1 heterocycles. The number of carbonyl (C=O) groups is 1. The molecule has 1 aromatic carbocycles. The zero-order chi connectivity index (χ0) is 13.0. The molecule has 1 aromatic heterocycles. The van der Waals surface area contributed by atoms with Crippen molar-refractivity contribution in [2.45, 2.75) is 13.3 Å². The number of nitrogens with one attached hydrogen (secondary N) is 2. The van der Waals surface area contributed by atoms with Crippen molar-refractivity contribution in [1.29, 1.82) is 0 Å². The number of rotatable bonds is 4. The second kappa shape index (κ2) is 5.35. The van der Waals surface area contributed by atoms with E-state index < -0.39 is 0 Å². The highest BCUT2D eigenvalue weighted by molar-refractivity contribution is 5.96. The third-order valence-electron chi connectivity index (χ3n) is 2.63. The number of aromatic amines is 1. The minimum Gasteiger partial charge on any atom is -0.507 e. The van der Waals surface area contributed by atoms with E-state index in [0.29, 0.717) is 18.5 Å². The molecule has 1 amide bonds. The van der Waals surface area contributed by atoms with Gasteiger partial charge in [0.2, 0.25) is 0 Å². The van der Waals surface area contributed by atoms with E-state index in [2.05, 4.69) is 15.3 Å². The molecule has 0 saturated heterocycles. The van der Waals surface area contributed by atoms with Crippen LogP contribution in [0.3, 0.4) is 0 Å². The van der Waals surface area contributed by atoms with Gasteiger partial charge in [0, 0.05) is 24.9 Å². The molecule has 0 unspecified atom stereocenters. The van der Waals surface area contributed by atoms with Gasteiger partial charge in [-0.05, 0) is 19.1 Å². The Morgan fingerprint density at radius 3 is 3.06 bits per heavy atom. The zero-order valence-electron chi connectivity index (χ0n) is 10.1. The third kappa shape index (κ3) is 2.88. The number of aryl methyl sites for hydroxylation is 1. The van der Waals surface area contributed by atoms with Crippen LogP contribution in [-0.4, -0.2) is 27.5 Å². The van der Waals surface area contributed by atoms with E-state index in [1.54, 1.807) is 24.7 Å². The topological polar surface area (TPSA) is 78.0 Å². The maximum absolute atomic E-state index is 11.8. The number of carbonyl (C=O) groups excluding carboxylic acids is 1. The molecule has 2 rings (SSSR count). The molecule has 0 atom stereocenters. The molecule has 3 N–H and O–H groups in total. The molecule has 5 heteroatoms. The molecule has 0 aliphatic carbocycles. The number of aromatic hydroxyl groups is 1. The van der Waals surface area contributed by atoms with Crippen molar-refractivity contribution < 1.29 is 9.90 Å². The number of aromatic nitrogens is 2. The van der Waals surface area contributed by atoms with E-state index in [4.69, 9.17) is 0 Å². The number of imidazole rings is 1. The van der Waals surface area contributed by atoms with Crippen molar-refractivity contribution in [2.75, 3.05) is 6.54 Å². The predicted molar refractivity (Wildman–Crippen MR) is 67.5 cm³/mol. The van der Waals surface area contributed by atoms with E-state index in [1.165, 1.54) is 6.07 Å². The first-order valence-corrected chi connectivity index (χ1v) is 5.72. The van der Waals surface area contributed by atoms with Crippen molar-refractivity contribution in [1.82, 2.24) is 15.3 Å². The third-order valence-corrected chi connectivity index (χ3v) is 2.63. The van der Waals surface area contributed by atoms with E-state index in [9.17, 15) is 9.90 Å². The highest BCUT2D eigenvalue weighted by Crippen LogP contribution is 2.17. The normalized spacial score (nSPS) is 10.3. The number of phenols is 1. The lowest BCUT2D eigenvalue weighted by Gasteiger charge is -2.07. The second-order valence-electron chi connectivity index (χ2n) is 4.10. The lowest BCUT2D eigenvalue weighted by molar-refractivity contribution is 0.0951. The van der Waals surface area contributed by atoms with Crippen LogP contribution in [0.5, 0.6) is 5.75 Å². The summed E-state index contributed by atoms with van der Waals surface area (Å²) in [6, 6.07) is 4.96. The van der Waals surface area contributed by atoms with Crippen molar-refractivity contribution in [2.24, 2.45) is 0 Å². The summed E-state index contributed by atoms with van der Waals surface area (Å²) in [5, 5.41) is 12.4. The minimum atomic E-state index is -0.268. The molecule has 0 radical (unpaired) electrons. The molecule has 0 fully saturated rings. The van der Waals surface area contributed by atoms with E-state index in [0.717, 1.165) is 11.3 Å². The number of H-pyrrole nitrogens is 1. The quantitative estimate of drug-likeness (QED) is 0.761. The summed E-state index contributed by atoms with van der Waals surface area (Å²) >= 11 is 0. The maximum Gasteiger partial charge on any atom is 0.255 e. The largest absolute Gasteiger partial charge is 0.507 e. The fraction of sp³-hybridized carbons (Fsp3) is 0.231. The van der Waals surface area contributed by atoms with Gasteiger partial charge in [-0.2, -0.15) is 0 Å². The average Bonchev–Trinajstić information content (AvgIpc) is 2.85. The fourth-order valence-corrected chi connectivity index (χ4v) is 1.66. The van der Waals surface area contributed by atoms with Crippen LogP contribution < -0.4 is 5.32 Å². The van der Waals surface area contributed by atoms with Crippen LogP contribution in [-0.2, 0) is 6.42 Å². The average molecular weight is 245 g/mol. The first-order valence-electron chi connectivity index (χ1n) is 5.72. The van der Waals surface area contributed by atoms with Crippen LogP contribution in [0.15, 0.2) is 30.7 Å². The summed E-state index contributed by atoms with van der Waals surface area (Å²) in [7, 11) is 0. The Morgan fingerprint density at radius 2 is 2.33 bits per heavy atom. The van der Waals surface area contributed by atoms with E-state index in [-0.39, 0.29) is 11.7 Å². The lowest BCUT2D eigenvalue weighted by Crippen LogP contribution is -2.25. The number of phenolic OH excluding ortho intramolecular Hbond substituents is 1. The molecule has 0 saturated carbocycles. The Morgan fingerprint density at radius 1 is 1.50 bits per heavy atom. The van der Waals surface area contributed by atoms with Gasteiger partial charge in [0.1, 0.15) is 5.75 Å². The predicted octanol–water partition coefficient (Wildman–Crippen LogP) is 1.40. The molecule has 0 aliphatic rings. The zero-order valence-corrected chi connectivity index (χ0v) is 10.1. The van der Waals surface area contributed by atoms with Crippen LogP contribution in [0.1, 0.15) is 21.6 Å². The summed E-state index contributed by atoms with van der Waals surface area (Å²) in [5.74, 6) is -0.268. The van der Waals surface area contributed by atoms with Gasteiger partial charge in [-0.25, -0.2) is 4.98 Å². The highest BCUT2D eigenvalue weighted by Gasteiger charge is 2.10. The smallest absolute Gasteiger partial charge is 0.255 e. The molecule has 94 valence electrons. The van der Waals surface area contributed by atoms with E-state index >= 15 is 0 Å². The highest BCUT2D eigenvalue weighted by atomic mass is 16.3. The summed E-state index contributed by atoms with van der Waals surface area (Å²) in [6.45, 7) is 2.37. The van der Waals surface area contributed by atoms with E-state index in [1.807, 2.05) is 6.92 Å². The van der Waals surface area contributed by atoms with Crippen LogP contribution in [0.4, 0.5) is 0 Å². The first-order chi connectivity index (χ1) is 8.66. The van der Waals surface area contributed by atoms with Crippen molar-refractivity contribution >= 4 is 5.91 Å². The van der Waals surface area contributed by atoms with Gasteiger partial charge in [-0.15, -0.1) is 0 Å². The number of nitrogens with zero attached hydrogens (tertiary/aromatic N) is 1. The maximum atomic E-state index is 11.8. The Labute approximate surface area is 105 Å². The standard InChI is InChI=1S/C13H15N3O2/c1-9-2-3-12(17)11(6-9)13(18)15-5-4-10-7-14-8-16-10/h2-3,6-8,17H,4-5H2,1H3,(H,14,16)(H,15,18). The molecular weight excluding hydrogens is 230 g/mol. The lowest BCUT2D eigenvalue weighted by atomic mass is 10.1. The van der Waals surface area contributed by atoms with Gasteiger partial charge in [0.15, 0.2) is 0 Å². The Kier molecular flexibility index (Phi) is 3.62. The number of hydrogen-bond donors (Lipinski definition) is 3. The molecule has 2 aromatic rings. The van der Waals surface area contributed by atoms with Crippen LogP contribution in [0.2, 0.25) is 0 Å². The van der Waals surface area contributed by atoms with Gasteiger partial charge >= 0.3 is 0 Å². The summed E-state index contributed by atoms with van der Waals surface area (Å²) in [4.78, 5) is 18.7. The summed E-state index contributed by atoms with van der Waals surface area (Å²) < 4.78 is 0. The Hall–Kier alpha value is -2.30. The SMILES string of the molecule is Cc1ccc(O)c(C(=O)NCCc2cnc[nH]2)c1. The van der Waals surface area contributed by atoms with Gasteiger partial charge in [0.05, 0.1) is 11.9 Å². The van der Waals surface area contributed by atoms with Crippen LogP contribution in [0, 0.1) is 6.92 Å². The van der Waals surface area contributed by atoms with Gasteiger partial charge in [-0.1, -0.05) is 11.6 Å². The van der Waals surface area contributed by atoms with Gasteiger partial charge < -0.3 is 15.4 Å². The molecular formula is C13H15N3O2. The summed E-state index contributed by atoms with van der Waals surface area (Å²) in [5.41, 5.74) is 2.20. The van der Waals surface area contributed by atoms with Crippen molar-refractivity contribution in [3.63, 3.8) is 0 Å². The Balaban J connectivity index is 1.93. The molecule has 18 heavy (non-hydrogen) atoms. The van der Waals surface area contributed by atoms with Gasteiger partial charge in [0.25, 0.3) is 5.91 Å². The molecule has 0 aliphatic heterocycles. The second-order valence-corrected chi connectivity index (χ2v) is 4.10. The first kappa shape index (κ1) is 12.2. The summed E-state index contributed by atoms with van der Waals surface area (Å²) in [6.07, 6.45) is 4.00. The van der Waals surface area contributed by atoms with Crippen molar-refractivity contribution in [3.8, 4) is 5.75 Å². The molecule has 0 bridgehead atoms. The minimum absolute atomic E-state index is 0.000333. The van der Waals surface area contributed by atoms with Crippen molar-refractivity contribution in [3.05, 3.63) is 47.5 Å². The number of amides is 1. The Bertz CT molecular complexity index is 535. The number of hydrogen-bond acceptors (Lipinski definition) is 3. The van der Waals surface area contributed by atoms with Crippen LogP contribution >= 0.6 is 0 Å². The molecule has 5 nitrogen and oxygen atoms in total. The fourth-order valence-electron chi connectivity index (χ4n) is 1.66. The van der Waals surface area contributed by atoms with Gasteiger partial charge in [-0.3, -0.25) is 4.79 Å². The monoisotopic (exact) mass is 245 g/mol. The number of benzene rings is 1. The van der Waals surface area contributed by atoms with Crippen LogP contribution in [0.25, 0.3) is 0 Å². The molecule has 0 spiro atoms.